The summed E-state index contributed by atoms with van der Waals surface area (Å²) in [5.41, 5.74) is -0.0444. The van der Waals surface area contributed by atoms with Crippen LogP contribution in [0.3, 0.4) is 0 Å². The molecule has 1 unspecified atom stereocenters. The number of carboxylic acids is 1. The van der Waals surface area contributed by atoms with E-state index in [1.54, 1.807) is 0 Å². The third-order valence-electron chi connectivity index (χ3n) is 2.43. The molecule has 1 saturated heterocycles. The maximum absolute atomic E-state index is 11.2. The van der Waals surface area contributed by atoms with Crippen LogP contribution in [0, 0.1) is 0 Å². The highest BCUT2D eigenvalue weighted by molar-refractivity contribution is 7.91. The molecule has 7 heteroatoms. The van der Waals surface area contributed by atoms with Gasteiger partial charge in [0.05, 0.1) is 17.7 Å². The molecule has 0 aliphatic carbocycles. The topological polar surface area (TPSA) is 97.5 Å². The van der Waals surface area contributed by atoms with Gasteiger partial charge >= 0.3 is 5.97 Å². The van der Waals surface area contributed by atoms with Gasteiger partial charge < -0.3 is 9.63 Å². The van der Waals surface area contributed by atoms with Gasteiger partial charge in [0.15, 0.2) is 15.6 Å². The second-order valence-corrected chi connectivity index (χ2v) is 5.74. The third-order valence-corrected chi connectivity index (χ3v) is 4.20. The van der Waals surface area contributed by atoms with Gasteiger partial charge in [-0.2, -0.15) is 0 Å². The molecule has 0 bridgehead atoms. The van der Waals surface area contributed by atoms with Crippen LogP contribution < -0.4 is 0 Å². The molecule has 82 valence electrons. The van der Waals surface area contributed by atoms with Crippen LogP contribution in [-0.2, 0) is 9.84 Å². The number of aromatic carboxylic acids is 1. The van der Waals surface area contributed by atoms with Gasteiger partial charge in [-0.1, -0.05) is 5.16 Å². The first-order valence-corrected chi connectivity index (χ1v) is 6.20. The van der Waals surface area contributed by atoms with E-state index in [1.165, 1.54) is 0 Å². The molecule has 1 N–H and O–H groups in total. The van der Waals surface area contributed by atoms with Crippen molar-refractivity contribution in [3.05, 3.63) is 17.5 Å². The Hall–Kier alpha value is -1.37. The molecule has 0 radical (unpaired) electrons. The molecule has 0 spiro atoms. The smallest absolute Gasteiger partial charge is 0.340 e. The van der Waals surface area contributed by atoms with Gasteiger partial charge in [0.25, 0.3) is 0 Å². The minimum atomic E-state index is -3.04. The molecule has 0 aromatic carbocycles. The molecule has 1 fully saturated rings. The average Bonchev–Trinajstić information content (AvgIpc) is 2.69. The van der Waals surface area contributed by atoms with Gasteiger partial charge in [-0.15, -0.1) is 0 Å². The Morgan fingerprint density at radius 2 is 2.33 bits per heavy atom. The minimum absolute atomic E-state index is 0.0444. The van der Waals surface area contributed by atoms with Crippen LogP contribution in [0.2, 0.25) is 0 Å². The summed E-state index contributed by atoms with van der Waals surface area (Å²) in [6.45, 7) is 0. The van der Waals surface area contributed by atoms with Crippen LogP contribution in [0.1, 0.15) is 28.5 Å². The Kier molecular flexibility index (Phi) is 2.26. The van der Waals surface area contributed by atoms with Crippen LogP contribution in [0.25, 0.3) is 0 Å². The highest BCUT2D eigenvalue weighted by atomic mass is 32.2. The lowest BCUT2D eigenvalue weighted by Gasteiger charge is -2.02. The van der Waals surface area contributed by atoms with Gasteiger partial charge in [-0.25, -0.2) is 13.2 Å². The maximum Gasteiger partial charge on any atom is 0.340 e. The van der Waals surface area contributed by atoms with Gasteiger partial charge in [-0.3, -0.25) is 0 Å². The lowest BCUT2D eigenvalue weighted by Crippen LogP contribution is -2.07. The van der Waals surface area contributed by atoms with Crippen LogP contribution in [0.4, 0.5) is 0 Å². The summed E-state index contributed by atoms with van der Waals surface area (Å²) in [6.07, 6.45) is 1.50. The van der Waals surface area contributed by atoms with Crippen LogP contribution in [-0.4, -0.2) is 36.2 Å². The fraction of sp³-hybridized carbons (Fsp3) is 0.500. The largest absolute Gasteiger partial charge is 0.478 e. The third kappa shape index (κ3) is 1.87. The Morgan fingerprint density at radius 3 is 2.87 bits per heavy atom. The summed E-state index contributed by atoms with van der Waals surface area (Å²) in [5.74, 6) is -1.32. The van der Waals surface area contributed by atoms with Crippen molar-refractivity contribution in [2.24, 2.45) is 0 Å². The highest BCUT2D eigenvalue weighted by Gasteiger charge is 2.34. The van der Waals surface area contributed by atoms with E-state index in [0.29, 0.717) is 6.42 Å². The van der Waals surface area contributed by atoms with Crippen molar-refractivity contribution < 1.29 is 22.8 Å². The number of nitrogens with zero attached hydrogens (tertiary/aromatic N) is 1. The van der Waals surface area contributed by atoms with Crippen molar-refractivity contribution in [3.63, 3.8) is 0 Å². The molecule has 0 amide bonds. The maximum atomic E-state index is 11.2. The van der Waals surface area contributed by atoms with E-state index in [4.69, 9.17) is 9.63 Å². The number of carboxylic acid groups (broad SMARTS) is 1. The molecule has 2 heterocycles. The predicted octanol–water partition coefficient (Wildman–Crippen LogP) is 0.275. The monoisotopic (exact) mass is 231 g/mol. The first-order chi connectivity index (χ1) is 6.99. The van der Waals surface area contributed by atoms with Gasteiger partial charge in [-0.05, 0) is 6.42 Å². The molecule has 0 saturated carbocycles. The van der Waals surface area contributed by atoms with Crippen LogP contribution in [0.15, 0.2) is 10.7 Å². The van der Waals surface area contributed by atoms with Crippen molar-refractivity contribution in [1.82, 2.24) is 5.16 Å². The van der Waals surface area contributed by atoms with E-state index in [9.17, 15) is 13.2 Å². The molecule has 15 heavy (non-hydrogen) atoms. The van der Waals surface area contributed by atoms with E-state index in [-0.39, 0.29) is 28.7 Å². The summed E-state index contributed by atoms with van der Waals surface area (Å²) >= 11 is 0. The summed E-state index contributed by atoms with van der Waals surface area (Å²) in [4.78, 5) is 10.8. The molecule has 1 aliphatic heterocycles. The predicted molar refractivity (Wildman–Crippen MR) is 49.5 cm³/mol. The lowest BCUT2D eigenvalue weighted by atomic mass is 10.0. The Balaban J connectivity index is 2.32. The van der Waals surface area contributed by atoms with E-state index in [0.717, 1.165) is 6.20 Å². The molecule has 2 rings (SSSR count). The summed E-state index contributed by atoms with van der Waals surface area (Å²) in [6, 6.07) is 0. The SMILES string of the molecule is O=C(O)c1cnoc1C1CCS(=O)(=O)C1. The first kappa shape index (κ1) is 10.2. The molecular formula is C8H9NO5S. The average molecular weight is 231 g/mol. The zero-order valence-electron chi connectivity index (χ0n) is 7.71. The van der Waals surface area contributed by atoms with E-state index >= 15 is 0 Å². The summed E-state index contributed by atoms with van der Waals surface area (Å²) < 4.78 is 27.2. The quantitative estimate of drug-likeness (QED) is 0.784. The number of rotatable bonds is 2. The normalized spacial score (nSPS) is 24.1. The second-order valence-electron chi connectivity index (χ2n) is 3.51. The van der Waals surface area contributed by atoms with Crippen molar-refractivity contribution in [3.8, 4) is 0 Å². The van der Waals surface area contributed by atoms with E-state index in [2.05, 4.69) is 5.16 Å². The molecule has 1 aromatic rings. The highest BCUT2D eigenvalue weighted by Crippen LogP contribution is 2.30. The molecule has 6 nitrogen and oxygen atoms in total. The van der Waals surface area contributed by atoms with Crippen LogP contribution in [0.5, 0.6) is 0 Å². The number of hydrogen-bond donors (Lipinski definition) is 1. The zero-order valence-corrected chi connectivity index (χ0v) is 8.53. The van der Waals surface area contributed by atoms with Gasteiger partial charge in [0.2, 0.25) is 0 Å². The number of carbonyl (C=O) groups is 1. The molecule has 1 aromatic heterocycles. The number of hydrogen-bond acceptors (Lipinski definition) is 5. The van der Waals surface area contributed by atoms with Crippen molar-refractivity contribution >= 4 is 15.8 Å². The van der Waals surface area contributed by atoms with Gasteiger partial charge in [0.1, 0.15) is 5.56 Å². The lowest BCUT2D eigenvalue weighted by molar-refractivity contribution is 0.0693. The Labute approximate surface area is 85.8 Å². The zero-order chi connectivity index (χ0) is 11.1. The molecule has 1 aliphatic rings. The first-order valence-electron chi connectivity index (χ1n) is 4.38. The van der Waals surface area contributed by atoms with Crippen LogP contribution >= 0.6 is 0 Å². The molecule has 1 atom stereocenters. The number of sulfone groups is 1. The van der Waals surface area contributed by atoms with Crippen molar-refractivity contribution in [2.45, 2.75) is 12.3 Å². The van der Waals surface area contributed by atoms with E-state index < -0.39 is 15.8 Å². The fourth-order valence-electron chi connectivity index (χ4n) is 1.71. The van der Waals surface area contributed by atoms with Crippen molar-refractivity contribution in [2.75, 3.05) is 11.5 Å². The Morgan fingerprint density at radius 1 is 1.60 bits per heavy atom. The second kappa shape index (κ2) is 3.34. The standard InChI is InChI=1S/C8H9NO5S/c10-8(11)6-3-9-14-7(6)5-1-2-15(12,13)4-5/h3,5H,1-2,4H2,(H,10,11). The molecular weight excluding hydrogens is 222 g/mol. The minimum Gasteiger partial charge on any atom is -0.478 e. The van der Waals surface area contributed by atoms with Crippen molar-refractivity contribution in [1.29, 1.82) is 0 Å². The summed E-state index contributed by atoms with van der Waals surface area (Å²) in [5, 5.41) is 12.2. The van der Waals surface area contributed by atoms with Gasteiger partial charge in [0, 0.05) is 5.92 Å². The van der Waals surface area contributed by atoms with E-state index in [1.807, 2.05) is 0 Å². The Bertz CT molecular complexity index is 489. The summed E-state index contributed by atoms with van der Waals surface area (Å²) in [7, 11) is -3.04. The fourth-order valence-corrected chi connectivity index (χ4v) is 3.45. The number of aromatic nitrogens is 1.